The average molecular weight is 678 g/mol. The summed E-state index contributed by atoms with van der Waals surface area (Å²) in [6.45, 7) is 11.9. The van der Waals surface area contributed by atoms with Gasteiger partial charge in [0.15, 0.2) is 9.84 Å². The van der Waals surface area contributed by atoms with Crippen LogP contribution in [-0.4, -0.2) is 90.1 Å². The van der Waals surface area contributed by atoms with Crippen molar-refractivity contribution in [1.82, 2.24) is 26.2 Å². The maximum Gasteiger partial charge on any atom is 0.315 e. The van der Waals surface area contributed by atoms with E-state index in [2.05, 4.69) is 35.1 Å². The summed E-state index contributed by atoms with van der Waals surface area (Å²) in [5.41, 5.74) is -1.80. The number of carbonyl (C=O) groups excluding carboxylic acids is 5. The van der Waals surface area contributed by atoms with Gasteiger partial charge in [-0.1, -0.05) is 67.2 Å². The highest BCUT2D eigenvalue weighted by Crippen LogP contribution is 2.65. The first-order valence-corrected chi connectivity index (χ1v) is 19.4. The van der Waals surface area contributed by atoms with Crippen molar-refractivity contribution in [2.24, 2.45) is 22.7 Å². The van der Waals surface area contributed by atoms with E-state index in [1.54, 1.807) is 4.90 Å². The lowest BCUT2D eigenvalue weighted by molar-refractivity contribution is -0.145. The fourth-order valence-electron chi connectivity index (χ4n) is 8.60. The lowest BCUT2D eigenvalue weighted by Gasteiger charge is -2.43. The molecule has 264 valence electrons. The third kappa shape index (κ3) is 7.20. The normalized spacial score (nSPS) is 30.0. The predicted octanol–water partition coefficient (Wildman–Crippen LogP) is 2.60. The van der Waals surface area contributed by atoms with Crippen LogP contribution in [0.2, 0.25) is 0 Å². The first-order valence-electron chi connectivity index (χ1n) is 17.7. The van der Waals surface area contributed by atoms with Crippen molar-refractivity contribution in [3.05, 3.63) is 0 Å². The highest BCUT2D eigenvalue weighted by molar-refractivity contribution is 7.92. The molecule has 47 heavy (non-hydrogen) atoms. The van der Waals surface area contributed by atoms with Gasteiger partial charge in [-0.05, 0) is 67.6 Å². The Morgan fingerprint density at radius 2 is 1.60 bits per heavy atom. The number of sulfone groups is 1. The highest BCUT2D eigenvalue weighted by Gasteiger charge is 2.70. The number of nitrogens with one attached hydrogen (secondary N) is 4. The van der Waals surface area contributed by atoms with Gasteiger partial charge in [0, 0.05) is 12.6 Å². The second-order valence-corrected chi connectivity index (χ2v) is 18.8. The Bertz CT molecular complexity index is 1380. The van der Waals surface area contributed by atoms with E-state index < -0.39 is 73.7 Å². The van der Waals surface area contributed by atoms with Gasteiger partial charge in [0.1, 0.15) is 12.1 Å². The summed E-state index contributed by atoms with van der Waals surface area (Å²) >= 11 is 0. The van der Waals surface area contributed by atoms with Gasteiger partial charge < -0.3 is 26.2 Å². The number of carbonyl (C=O) groups is 5. The van der Waals surface area contributed by atoms with Crippen molar-refractivity contribution in [3.63, 3.8) is 0 Å². The lowest BCUT2D eigenvalue weighted by Crippen LogP contribution is -2.65. The van der Waals surface area contributed by atoms with Gasteiger partial charge in [-0.2, -0.15) is 0 Å². The molecule has 3 aliphatic carbocycles. The summed E-state index contributed by atoms with van der Waals surface area (Å²) in [4.78, 5) is 69.4. The molecule has 2 heterocycles. The first-order chi connectivity index (χ1) is 21.9. The maximum atomic E-state index is 14.4. The Balaban J connectivity index is 1.34. The summed E-state index contributed by atoms with van der Waals surface area (Å²) in [7, 11) is -3.35. The molecule has 2 aliphatic heterocycles. The van der Waals surface area contributed by atoms with Crippen LogP contribution >= 0.6 is 0 Å². The topological polar surface area (TPSA) is 171 Å². The molecule has 5 amide bonds. The van der Waals surface area contributed by atoms with Gasteiger partial charge >= 0.3 is 6.03 Å². The Morgan fingerprint density at radius 3 is 2.15 bits per heavy atom. The molecule has 12 nitrogen and oxygen atoms in total. The number of Topliss-reactive ketones (excluding diaryl/α,β-unsaturated/α-hetero) is 1. The Hall–Kier alpha value is -2.70. The standard InChI is InChI=1S/C34H55N5O7S/c1-7-12-22(26(40)29(42)35-20-14-15-20)36-28(41)25-24-21(33(24,5)6)19-39(25)30(43)27(32(2,3)4)37-31(44)38-34(16-9-8-10-17-34)23-13-11-18-47(23,45)46/h20-25,27H,7-19H2,1-6H3,(H,35,42)(H,36,41)(H2,37,38,44)/t21-,22-,23+,24-,25-,27+/m0/s1. The van der Waals surface area contributed by atoms with Crippen LogP contribution in [0.5, 0.6) is 0 Å². The van der Waals surface area contributed by atoms with Crippen LogP contribution in [-0.2, 0) is 29.0 Å². The molecule has 2 saturated heterocycles. The van der Waals surface area contributed by atoms with E-state index in [1.165, 1.54) is 0 Å². The van der Waals surface area contributed by atoms with E-state index in [0.717, 1.165) is 32.1 Å². The molecule has 0 bridgehead atoms. The smallest absolute Gasteiger partial charge is 0.315 e. The fourth-order valence-corrected chi connectivity index (χ4v) is 11.0. The van der Waals surface area contributed by atoms with Gasteiger partial charge in [-0.3, -0.25) is 19.2 Å². The van der Waals surface area contributed by atoms with Crippen LogP contribution < -0.4 is 21.3 Å². The number of hydrogen-bond acceptors (Lipinski definition) is 7. The quantitative estimate of drug-likeness (QED) is 0.244. The van der Waals surface area contributed by atoms with Crippen molar-refractivity contribution in [2.75, 3.05) is 12.3 Å². The van der Waals surface area contributed by atoms with E-state index in [9.17, 15) is 32.4 Å². The van der Waals surface area contributed by atoms with Crippen molar-refractivity contribution in [2.45, 2.75) is 147 Å². The average Bonchev–Trinajstić information content (AvgIpc) is 3.76. The summed E-state index contributed by atoms with van der Waals surface area (Å²) < 4.78 is 26.1. The molecular weight excluding hydrogens is 622 g/mol. The van der Waals surface area contributed by atoms with Crippen LogP contribution in [0, 0.1) is 22.7 Å². The lowest BCUT2D eigenvalue weighted by atomic mass is 9.78. The second kappa shape index (κ2) is 13.0. The molecule has 3 saturated carbocycles. The second-order valence-electron chi connectivity index (χ2n) is 16.5. The van der Waals surface area contributed by atoms with Crippen LogP contribution in [0.1, 0.15) is 112 Å². The number of amides is 5. The van der Waals surface area contributed by atoms with Crippen LogP contribution in [0.25, 0.3) is 0 Å². The minimum absolute atomic E-state index is 0.00925. The number of rotatable bonds is 11. The molecule has 6 atom stereocenters. The number of fused-ring (bicyclic) bond motifs is 1. The maximum absolute atomic E-state index is 14.4. The Labute approximate surface area is 279 Å². The number of nitrogens with zero attached hydrogens (tertiary/aromatic N) is 1. The SMILES string of the molecule is CCC[C@H](NC(=O)[C@@H]1[C@@H]2[C@H](CN1C(=O)[C@@H](NC(=O)NC1([C@H]3CCCS3(=O)=O)CCCCC1)C(C)(C)C)C2(C)C)C(=O)C(=O)NC1CC1. The molecule has 5 aliphatic rings. The summed E-state index contributed by atoms with van der Waals surface area (Å²) in [5, 5.41) is 10.9. The number of ketones is 1. The van der Waals surface area contributed by atoms with Crippen LogP contribution in [0.15, 0.2) is 0 Å². The highest BCUT2D eigenvalue weighted by atomic mass is 32.2. The third-order valence-corrected chi connectivity index (χ3v) is 14.0. The third-order valence-electron chi connectivity index (χ3n) is 11.5. The molecular formula is C34H55N5O7S. The van der Waals surface area contributed by atoms with E-state index in [1.807, 2.05) is 27.7 Å². The predicted molar refractivity (Wildman–Crippen MR) is 177 cm³/mol. The number of hydrogen-bond donors (Lipinski definition) is 4. The molecule has 13 heteroatoms. The first kappa shape index (κ1) is 35.6. The number of piperidine rings is 1. The zero-order valence-corrected chi connectivity index (χ0v) is 29.8. The van der Waals surface area contributed by atoms with Crippen molar-refractivity contribution >= 4 is 39.4 Å². The Kier molecular flexibility index (Phi) is 9.82. The molecule has 5 rings (SSSR count). The van der Waals surface area contributed by atoms with Crippen molar-refractivity contribution in [3.8, 4) is 0 Å². The van der Waals surface area contributed by atoms with Gasteiger partial charge in [0.05, 0.1) is 22.6 Å². The number of urea groups is 1. The summed E-state index contributed by atoms with van der Waals surface area (Å²) in [6.07, 6.45) is 7.40. The van der Waals surface area contributed by atoms with Crippen LogP contribution in [0.4, 0.5) is 4.79 Å². The minimum atomic E-state index is -3.35. The molecule has 5 fully saturated rings. The van der Waals surface area contributed by atoms with E-state index in [0.29, 0.717) is 45.1 Å². The fraction of sp³-hybridized carbons (Fsp3) is 0.853. The molecule has 0 aromatic rings. The largest absolute Gasteiger partial charge is 0.347 e. The van der Waals surface area contributed by atoms with E-state index >= 15 is 0 Å². The van der Waals surface area contributed by atoms with Gasteiger partial charge in [0.25, 0.3) is 5.91 Å². The van der Waals surface area contributed by atoms with Gasteiger partial charge in [0.2, 0.25) is 17.6 Å². The molecule has 0 unspecified atom stereocenters. The van der Waals surface area contributed by atoms with Crippen molar-refractivity contribution in [1.29, 1.82) is 0 Å². The minimum Gasteiger partial charge on any atom is -0.347 e. The van der Waals surface area contributed by atoms with Crippen LogP contribution in [0.3, 0.4) is 0 Å². The van der Waals surface area contributed by atoms with Gasteiger partial charge in [-0.25, -0.2) is 13.2 Å². The number of likely N-dealkylation sites (tertiary alicyclic amines) is 1. The molecule has 0 aromatic heterocycles. The molecule has 0 spiro atoms. The molecule has 0 aromatic carbocycles. The van der Waals surface area contributed by atoms with E-state index in [4.69, 9.17) is 0 Å². The molecule has 0 radical (unpaired) electrons. The van der Waals surface area contributed by atoms with Gasteiger partial charge in [-0.15, -0.1) is 0 Å². The Morgan fingerprint density at radius 1 is 0.936 bits per heavy atom. The zero-order chi connectivity index (χ0) is 34.5. The van der Waals surface area contributed by atoms with Crippen molar-refractivity contribution < 1.29 is 32.4 Å². The molecule has 4 N–H and O–H groups in total. The summed E-state index contributed by atoms with van der Waals surface area (Å²) in [6, 6.07) is -3.43. The zero-order valence-electron chi connectivity index (χ0n) is 28.9. The monoisotopic (exact) mass is 677 g/mol. The summed E-state index contributed by atoms with van der Waals surface area (Å²) in [5.74, 6) is -2.16. The van der Waals surface area contributed by atoms with E-state index in [-0.39, 0.29) is 29.0 Å².